The van der Waals surface area contributed by atoms with Crippen LogP contribution in [0.25, 0.3) is 0 Å². The van der Waals surface area contributed by atoms with Crippen LogP contribution in [0.2, 0.25) is 0 Å². The minimum Gasteiger partial charge on any atom is -0.380 e. The second-order valence-corrected chi connectivity index (χ2v) is 4.12. The predicted octanol–water partition coefficient (Wildman–Crippen LogP) is -0.583. The summed E-state index contributed by atoms with van der Waals surface area (Å²) in [5, 5.41) is 5.05. The number of amidine groups is 1. The van der Waals surface area contributed by atoms with Gasteiger partial charge < -0.3 is 22.0 Å². The van der Waals surface area contributed by atoms with Crippen LogP contribution in [0.1, 0.15) is 23.4 Å². The Balaban J connectivity index is 2.84. The fraction of sp³-hybridized carbons (Fsp3) is 0.222. The second kappa shape index (κ2) is 5.41. The van der Waals surface area contributed by atoms with Crippen molar-refractivity contribution in [2.24, 2.45) is 22.4 Å². The van der Waals surface area contributed by atoms with E-state index in [0.717, 1.165) is 0 Å². The van der Waals surface area contributed by atoms with Crippen LogP contribution in [0.3, 0.4) is 0 Å². The number of hydrogen-bond donors (Lipinski definition) is 3. The van der Waals surface area contributed by atoms with Crippen molar-refractivity contribution in [1.29, 1.82) is 0 Å². The summed E-state index contributed by atoms with van der Waals surface area (Å²) in [5.41, 5.74) is 16.7. The molecule has 0 spiro atoms. The molecule has 0 bridgehead atoms. The molecule has 1 heterocycles. The topological polar surface area (TPSA) is 134 Å². The molecule has 6 N–H and O–H groups in total. The molecule has 0 saturated heterocycles. The van der Waals surface area contributed by atoms with Crippen LogP contribution in [-0.2, 0) is 14.4 Å². The second-order valence-electron chi connectivity index (χ2n) is 3.18. The van der Waals surface area contributed by atoms with Gasteiger partial charge in [-0.15, -0.1) is 11.3 Å². The Kier molecular flexibility index (Phi) is 4.18. The van der Waals surface area contributed by atoms with Gasteiger partial charge in [0.2, 0.25) is 5.91 Å². The molecule has 1 rings (SSSR count). The summed E-state index contributed by atoms with van der Waals surface area (Å²) in [6, 6.07) is 0.692. The number of oxime groups is 1. The summed E-state index contributed by atoms with van der Waals surface area (Å²) in [5.74, 6) is -1.18. The SMILES string of the molecule is CC(=O)O/N=C(\N)c1csc(C(N)C(N)=O)c1. The van der Waals surface area contributed by atoms with Crippen LogP contribution < -0.4 is 17.2 Å². The van der Waals surface area contributed by atoms with E-state index in [-0.39, 0.29) is 5.84 Å². The quantitative estimate of drug-likeness (QED) is 0.286. The molecular weight excluding hydrogens is 244 g/mol. The van der Waals surface area contributed by atoms with E-state index in [1.807, 2.05) is 0 Å². The van der Waals surface area contributed by atoms with Crippen molar-refractivity contribution < 1.29 is 14.4 Å². The predicted molar refractivity (Wildman–Crippen MR) is 62.9 cm³/mol. The van der Waals surface area contributed by atoms with Gasteiger partial charge in [0.1, 0.15) is 6.04 Å². The zero-order valence-corrected chi connectivity index (χ0v) is 9.86. The number of rotatable bonds is 4. The summed E-state index contributed by atoms with van der Waals surface area (Å²) in [6.07, 6.45) is 0. The zero-order valence-electron chi connectivity index (χ0n) is 9.04. The normalized spacial score (nSPS) is 13.2. The number of carbonyl (C=O) groups is 2. The third kappa shape index (κ3) is 3.54. The first-order valence-electron chi connectivity index (χ1n) is 4.56. The summed E-state index contributed by atoms with van der Waals surface area (Å²) < 4.78 is 0. The van der Waals surface area contributed by atoms with Gasteiger partial charge in [-0.1, -0.05) is 5.16 Å². The van der Waals surface area contributed by atoms with Crippen LogP contribution in [0.15, 0.2) is 16.6 Å². The van der Waals surface area contributed by atoms with Crippen LogP contribution in [0.4, 0.5) is 0 Å². The van der Waals surface area contributed by atoms with Gasteiger partial charge in [0.25, 0.3) is 0 Å². The van der Waals surface area contributed by atoms with Crippen molar-refractivity contribution in [3.63, 3.8) is 0 Å². The Morgan fingerprint density at radius 3 is 2.65 bits per heavy atom. The minimum atomic E-state index is -0.879. The molecule has 0 aromatic carbocycles. The lowest BCUT2D eigenvalue weighted by atomic mass is 10.2. The van der Waals surface area contributed by atoms with E-state index in [4.69, 9.17) is 17.2 Å². The van der Waals surface area contributed by atoms with Gasteiger partial charge in [-0.05, 0) is 6.07 Å². The summed E-state index contributed by atoms with van der Waals surface area (Å²) in [7, 11) is 0. The van der Waals surface area contributed by atoms with Crippen molar-refractivity contribution in [2.45, 2.75) is 13.0 Å². The first kappa shape index (κ1) is 13.1. The van der Waals surface area contributed by atoms with Gasteiger partial charge >= 0.3 is 5.97 Å². The number of hydrogen-bond acceptors (Lipinski definition) is 6. The molecule has 0 aliphatic carbocycles. The molecule has 0 saturated carbocycles. The molecule has 1 amide bonds. The van der Waals surface area contributed by atoms with Gasteiger partial charge in [0.15, 0.2) is 5.84 Å². The zero-order chi connectivity index (χ0) is 13.0. The van der Waals surface area contributed by atoms with E-state index in [0.29, 0.717) is 10.4 Å². The lowest BCUT2D eigenvalue weighted by molar-refractivity contribution is -0.140. The van der Waals surface area contributed by atoms with Crippen LogP contribution in [0.5, 0.6) is 0 Å². The lowest BCUT2D eigenvalue weighted by Crippen LogP contribution is -2.27. The number of nitrogens with zero attached hydrogens (tertiary/aromatic N) is 1. The van der Waals surface area contributed by atoms with Gasteiger partial charge in [-0.3, -0.25) is 4.79 Å². The largest absolute Gasteiger partial charge is 0.380 e. The van der Waals surface area contributed by atoms with E-state index >= 15 is 0 Å². The first-order chi connectivity index (χ1) is 7.91. The highest BCUT2D eigenvalue weighted by Crippen LogP contribution is 2.20. The van der Waals surface area contributed by atoms with Gasteiger partial charge in [0, 0.05) is 22.7 Å². The van der Waals surface area contributed by atoms with Crippen LogP contribution in [0, 0.1) is 0 Å². The standard InChI is InChI=1S/C9H12N4O3S/c1-4(14)16-13-8(11)5-2-6(17-3-5)7(10)9(12)15/h2-3,7H,10H2,1H3,(H2,11,13)(H2,12,15). The Morgan fingerprint density at radius 2 is 2.12 bits per heavy atom. The number of thiophene rings is 1. The molecule has 0 radical (unpaired) electrons. The Bertz CT molecular complexity index is 469. The van der Waals surface area contributed by atoms with E-state index < -0.39 is 17.9 Å². The van der Waals surface area contributed by atoms with E-state index in [1.54, 1.807) is 11.4 Å². The molecule has 1 aromatic heterocycles. The number of nitrogens with two attached hydrogens (primary N) is 3. The van der Waals surface area contributed by atoms with Gasteiger partial charge in [-0.25, -0.2) is 4.79 Å². The molecule has 0 aliphatic rings. The summed E-state index contributed by atoms with van der Waals surface area (Å²) >= 11 is 1.22. The fourth-order valence-corrected chi connectivity index (χ4v) is 1.87. The third-order valence-electron chi connectivity index (χ3n) is 1.80. The smallest absolute Gasteiger partial charge is 0.332 e. The van der Waals surface area contributed by atoms with Crippen LogP contribution in [-0.4, -0.2) is 17.7 Å². The molecule has 1 aromatic rings. The highest BCUT2D eigenvalue weighted by atomic mass is 32.1. The van der Waals surface area contributed by atoms with Crippen molar-refractivity contribution in [1.82, 2.24) is 0 Å². The fourth-order valence-electron chi connectivity index (χ4n) is 0.957. The highest BCUT2D eigenvalue weighted by molar-refractivity contribution is 7.10. The summed E-state index contributed by atoms with van der Waals surface area (Å²) in [6.45, 7) is 1.21. The van der Waals surface area contributed by atoms with E-state index in [9.17, 15) is 9.59 Å². The molecule has 8 heteroatoms. The van der Waals surface area contributed by atoms with Crippen LogP contribution >= 0.6 is 11.3 Å². The van der Waals surface area contributed by atoms with E-state index in [1.165, 1.54) is 18.3 Å². The molecule has 7 nitrogen and oxygen atoms in total. The lowest BCUT2D eigenvalue weighted by Gasteiger charge is -2.02. The van der Waals surface area contributed by atoms with Crippen molar-refractivity contribution in [2.75, 3.05) is 0 Å². The maximum absolute atomic E-state index is 10.9. The monoisotopic (exact) mass is 256 g/mol. The Morgan fingerprint density at radius 1 is 1.47 bits per heavy atom. The van der Waals surface area contributed by atoms with Crippen molar-refractivity contribution in [3.8, 4) is 0 Å². The molecule has 0 fully saturated rings. The molecule has 1 atom stereocenters. The number of carbonyl (C=O) groups excluding carboxylic acids is 2. The molecule has 17 heavy (non-hydrogen) atoms. The maximum Gasteiger partial charge on any atom is 0.332 e. The Labute approximate surface area is 101 Å². The molecule has 92 valence electrons. The summed E-state index contributed by atoms with van der Waals surface area (Å²) in [4.78, 5) is 26.3. The molecule has 1 unspecified atom stereocenters. The minimum absolute atomic E-state index is 0.0272. The highest BCUT2D eigenvalue weighted by Gasteiger charge is 2.15. The number of amides is 1. The molecule has 0 aliphatic heterocycles. The van der Waals surface area contributed by atoms with Crippen molar-refractivity contribution in [3.05, 3.63) is 21.9 Å². The average molecular weight is 256 g/mol. The third-order valence-corrected chi connectivity index (χ3v) is 2.82. The van der Waals surface area contributed by atoms with Gasteiger partial charge in [-0.2, -0.15) is 0 Å². The molecular formula is C9H12N4O3S. The first-order valence-corrected chi connectivity index (χ1v) is 5.44. The maximum atomic E-state index is 10.9. The average Bonchev–Trinajstić information content (AvgIpc) is 2.73. The van der Waals surface area contributed by atoms with E-state index in [2.05, 4.69) is 9.99 Å². The van der Waals surface area contributed by atoms with Crippen molar-refractivity contribution >= 4 is 29.0 Å². The number of primary amides is 1. The van der Waals surface area contributed by atoms with Gasteiger partial charge in [0.05, 0.1) is 0 Å². The Hall–Kier alpha value is -1.93.